The number of aliphatic hydroxyl groups excluding tert-OH is 1. The van der Waals surface area contributed by atoms with Crippen LogP contribution in [0.5, 0.6) is 0 Å². The number of anilines is 1. The van der Waals surface area contributed by atoms with Gasteiger partial charge < -0.3 is 9.84 Å². The summed E-state index contributed by atoms with van der Waals surface area (Å²) in [5.41, 5.74) is -0.833. The molecule has 1 N–H and O–H groups in total. The Morgan fingerprint density at radius 1 is 1.06 bits per heavy atom. The number of carbonyl (C=O) groups excluding carboxylic acids is 3. The lowest BCUT2D eigenvalue weighted by atomic mass is 10.0. The monoisotopic (exact) mass is 559 g/mol. The van der Waals surface area contributed by atoms with Crippen molar-refractivity contribution in [2.45, 2.75) is 11.9 Å². The van der Waals surface area contributed by atoms with Crippen molar-refractivity contribution in [1.29, 1.82) is 0 Å². The van der Waals surface area contributed by atoms with Gasteiger partial charge in [0.2, 0.25) is 0 Å². The first-order chi connectivity index (χ1) is 16.5. The molecule has 1 unspecified atom stereocenters. The standard InChI is InChI=1S/C24H19BrClN3O6/c1-13-18(21(32)29(27(13)2)16-7-5-4-6-8-16)28-22(33)20(31)17(24(28,26)23(34)35-3)19(30)14-9-11-15(25)12-10-14/h4-12,30H,1-3H3/b19-17-. The molecule has 1 amide bonds. The lowest BCUT2D eigenvalue weighted by Crippen LogP contribution is -2.51. The van der Waals surface area contributed by atoms with Crippen LogP contribution in [-0.4, -0.2) is 44.2 Å². The van der Waals surface area contributed by atoms with Gasteiger partial charge in [-0.2, -0.15) is 0 Å². The molecule has 1 saturated heterocycles. The van der Waals surface area contributed by atoms with Crippen LogP contribution in [0.25, 0.3) is 11.4 Å². The molecular weight excluding hydrogens is 542 g/mol. The molecule has 9 nitrogen and oxygen atoms in total. The minimum Gasteiger partial charge on any atom is -0.507 e. The third-order valence-electron chi connectivity index (χ3n) is 5.82. The quantitative estimate of drug-likeness (QED) is 0.131. The van der Waals surface area contributed by atoms with E-state index in [0.717, 1.165) is 7.11 Å². The number of para-hydroxylation sites is 1. The summed E-state index contributed by atoms with van der Waals surface area (Å²) in [6, 6.07) is 14.7. The van der Waals surface area contributed by atoms with Crippen LogP contribution in [0.4, 0.5) is 5.69 Å². The Labute approximate surface area is 212 Å². The molecule has 0 spiro atoms. The molecule has 2 aromatic carbocycles. The number of benzene rings is 2. The minimum atomic E-state index is -2.63. The average molecular weight is 561 g/mol. The molecule has 35 heavy (non-hydrogen) atoms. The normalized spacial score (nSPS) is 19.3. The van der Waals surface area contributed by atoms with Crippen LogP contribution in [0.1, 0.15) is 11.3 Å². The molecule has 1 aromatic heterocycles. The Bertz CT molecular complexity index is 1460. The number of esters is 1. The summed E-state index contributed by atoms with van der Waals surface area (Å²) in [5.74, 6) is -4.39. The maximum Gasteiger partial charge on any atom is 0.353 e. The second kappa shape index (κ2) is 8.86. The van der Waals surface area contributed by atoms with Gasteiger partial charge in [0.1, 0.15) is 17.0 Å². The van der Waals surface area contributed by atoms with E-state index in [4.69, 9.17) is 16.3 Å². The van der Waals surface area contributed by atoms with Crippen LogP contribution in [0.2, 0.25) is 0 Å². The van der Waals surface area contributed by atoms with Gasteiger partial charge in [0.15, 0.2) is 0 Å². The molecule has 0 bridgehead atoms. The van der Waals surface area contributed by atoms with Crippen molar-refractivity contribution in [3.8, 4) is 5.69 Å². The molecule has 4 rings (SSSR count). The first-order valence-corrected chi connectivity index (χ1v) is 11.4. The predicted molar refractivity (Wildman–Crippen MR) is 133 cm³/mol. The molecule has 2 heterocycles. The molecular formula is C24H19BrClN3O6. The summed E-state index contributed by atoms with van der Waals surface area (Å²) in [4.78, 5) is 51.0. The largest absolute Gasteiger partial charge is 0.507 e. The summed E-state index contributed by atoms with van der Waals surface area (Å²) in [6.07, 6.45) is 0. The van der Waals surface area contributed by atoms with E-state index in [1.165, 1.54) is 21.5 Å². The molecule has 1 fully saturated rings. The summed E-state index contributed by atoms with van der Waals surface area (Å²) in [6.45, 7) is 1.54. The summed E-state index contributed by atoms with van der Waals surface area (Å²) < 4.78 is 8.27. The fourth-order valence-corrected chi connectivity index (χ4v) is 4.70. The van der Waals surface area contributed by atoms with Gasteiger partial charge >= 0.3 is 11.9 Å². The highest BCUT2D eigenvalue weighted by atomic mass is 79.9. The van der Waals surface area contributed by atoms with E-state index in [1.54, 1.807) is 56.4 Å². The smallest absolute Gasteiger partial charge is 0.353 e. The molecule has 0 radical (unpaired) electrons. The van der Waals surface area contributed by atoms with Crippen molar-refractivity contribution in [2.75, 3.05) is 12.0 Å². The van der Waals surface area contributed by atoms with E-state index in [-0.39, 0.29) is 16.9 Å². The van der Waals surface area contributed by atoms with Crippen molar-refractivity contribution >= 4 is 56.6 Å². The Morgan fingerprint density at radius 2 is 1.66 bits per heavy atom. The highest BCUT2D eigenvalue weighted by Crippen LogP contribution is 2.44. The number of carbonyl (C=O) groups is 3. The number of hydrogen-bond donors (Lipinski definition) is 1. The molecule has 3 aromatic rings. The fourth-order valence-electron chi connectivity index (χ4n) is 4.02. The summed E-state index contributed by atoms with van der Waals surface area (Å²) in [7, 11) is 2.60. The van der Waals surface area contributed by atoms with Gasteiger partial charge in [0, 0.05) is 17.1 Å². The maximum atomic E-state index is 13.6. The van der Waals surface area contributed by atoms with Crippen LogP contribution in [0.15, 0.2) is 69.4 Å². The number of amides is 1. The number of ketones is 1. The number of methoxy groups -OCH3 is 1. The molecule has 1 aliphatic heterocycles. The van der Waals surface area contributed by atoms with Gasteiger partial charge in [-0.05, 0) is 31.2 Å². The Hall–Kier alpha value is -3.63. The van der Waals surface area contributed by atoms with Crippen LogP contribution < -0.4 is 10.5 Å². The number of halogens is 2. The molecule has 1 aliphatic rings. The van der Waals surface area contributed by atoms with Crippen molar-refractivity contribution in [3.05, 3.63) is 86.3 Å². The maximum absolute atomic E-state index is 13.6. The lowest BCUT2D eigenvalue weighted by Gasteiger charge is -2.29. The number of hydrogen-bond acceptors (Lipinski definition) is 6. The highest BCUT2D eigenvalue weighted by molar-refractivity contribution is 9.10. The minimum absolute atomic E-state index is 0.131. The zero-order valence-corrected chi connectivity index (χ0v) is 21.1. The number of Topliss-reactive ketones (excluding diaryl/α,β-unsaturated/α-hetero) is 1. The molecule has 0 saturated carbocycles. The number of aliphatic hydroxyl groups is 1. The second-order valence-corrected chi connectivity index (χ2v) is 9.19. The zero-order valence-electron chi connectivity index (χ0n) is 18.8. The van der Waals surface area contributed by atoms with Gasteiger partial charge in [-0.3, -0.25) is 24.0 Å². The molecule has 0 aliphatic carbocycles. The van der Waals surface area contributed by atoms with Gasteiger partial charge in [-0.25, -0.2) is 9.48 Å². The van der Waals surface area contributed by atoms with E-state index in [9.17, 15) is 24.3 Å². The van der Waals surface area contributed by atoms with Crippen LogP contribution in [0.3, 0.4) is 0 Å². The van der Waals surface area contributed by atoms with Crippen molar-refractivity contribution < 1.29 is 24.2 Å². The Balaban J connectivity index is 2.02. The van der Waals surface area contributed by atoms with E-state index in [1.807, 2.05) is 0 Å². The summed E-state index contributed by atoms with van der Waals surface area (Å²) in [5, 5.41) is 11.0. The highest BCUT2D eigenvalue weighted by Gasteiger charge is 2.63. The number of rotatable bonds is 4. The number of ether oxygens (including phenoxy) is 1. The summed E-state index contributed by atoms with van der Waals surface area (Å²) >= 11 is 10.0. The van der Waals surface area contributed by atoms with Gasteiger partial charge in [0.05, 0.1) is 18.5 Å². The van der Waals surface area contributed by atoms with E-state index in [0.29, 0.717) is 15.1 Å². The van der Waals surface area contributed by atoms with Crippen LogP contribution in [0, 0.1) is 6.92 Å². The Morgan fingerprint density at radius 3 is 2.23 bits per heavy atom. The van der Waals surface area contributed by atoms with Crippen molar-refractivity contribution in [2.24, 2.45) is 7.05 Å². The van der Waals surface area contributed by atoms with E-state index in [2.05, 4.69) is 15.9 Å². The van der Waals surface area contributed by atoms with E-state index >= 15 is 0 Å². The van der Waals surface area contributed by atoms with Gasteiger partial charge in [0.25, 0.3) is 16.3 Å². The SMILES string of the molecule is COC(=O)C1(Cl)/C(=C(\O)c2ccc(Br)cc2)C(=O)C(=O)N1c1c(C)n(C)n(-c2ccccc2)c1=O. The predicted octanol–water partition coefficient (Wildman–Crippen LogP) is 3.24. The first-order valence-electron chi connectivity index (χ1n) is 10.3. The number of aromatic nitrogens is 2. The van der Waals surface area contributed by atoms with Crippen molar-refractivity contribution in [3.63, 3.8) is 0 Å². The van der Waals surface area contributed by atoms with E-state index < -0.39 is 39.5 Å². The van der Waals surface area contributed by atoms with Crippen molar-refractivity contribution in [1.82, 2.24) is 9.36 Å². The lowest BCUT2D eigenvalue weighted by molar-refractivity contribution is -0.143. The third kappa shape index (κ3) is 3.60. The topological polar surface area (TPSA) is 111 Å². The first kappa shape index (κ1) is 24.5. The van der Waals surface area contributed by atoms with Crippen LogP contribution in [-0.2, 0) is 26.2 Å². The zero-order chi connectivity index (χ0) is 25.7. The van der Waals surface area contributed by atoms with Gasteiger partial charge in [-0.15, -0.1) is 0 Å². The molecule has 1 atom stereocenters. The number of alkyl halides is 1. The van der Waals surface area contributed by atoms with Crippen LogP contribution >= 0.6 is 27.5 Å². The fraction of sp³-hybridized carbons (Fsp3) is 0.167. The molecule has 180 valence electrons. The number of nitrogens with zero attached hydrogens (tertiary/aromatic N) is 3. The second-order valence-electron chi connectivity index (χ2n) is 7.72. The Kier molecular flexibility index (Phi) is 6.20. The average Bonchev–Trinajstić information content (AvgIpc) is 3.19. The van der Waals surface area contributed by atoms with Gasteiger partial charge in [-0.1, -0.05) is 57.9 Å². The third-order valence-corrected chi connectivity index (χ3v) is 6.86. The molecule has 11 heteroatoms.